The summed E-state index contributed by atoms with van der Waals surface area (Å²) < 4.78 is 0. The highest BCUT2D eigenvalue weighted by molar-refractivity contribution is 5.44. The minimum atomic E-state index is 0.0537. The normalized spacial score (nSPS) is 10.4. The lowest BCUT2D eigenvalue weighted by Crippen LogP contribution is -2.31. The maximum absolute atomic E-state index is 9.14. The molecule has 4 N–H and O–H groups in total. The summed E-state index contributed by atoms with van der Waals surface area (Å²) in [6.45, 7) is 3.44. The third-order valence-electron chi connectivity index (χ3n) is 2.58. The van der Waals surface area contributed by atoms with E-state index in [-0.39, 0.29) is 6.61 Å². The molecule has 0 spiro atoms. The molecule has 0 radical (unpaired) electrons. The van der Waals surface area contributed by atoms with Crippen LogP contribution in [0.1, 0.15) is 19.8 Å². The van der Waals surface area contributed by atoms with Gasteiger partial charge < -0.3 is 14.9 Å². The van der Waals surface area contributed by atoms with E-state index in [0.717, 1.165) is 19.4 Å². The van der Waals surface area contributed by atoms with Gasteiger partial charge in [-0.25, -0.2) is 5.84 Å². The van der Waals surface area contributed by atoms with Gasteiger partial charge in [-0.2, -0.15) is 15.0 Å². The largest absolute Gasteiger partial charge is 0.395 e. The molecular weight excluding hydrogens is 246 g/mol. The Morgan fingerprint density at radius 2 is 1.84 bits per heavy atom. The zero-order valence-electron chi connectivity index (χ0n) is 11.8. The molecule has 0 bridgehead atoms. The van der Waals surface area contributed by atoms with E-state index in [1.165, 1.54) is 0 Å². The first-order chi connectivity index (χ1) is 9.12. The molecule has 0 atom stereocenters. The number of hydrazine groups is 1. The van der Waals surface area contributed by atoms with Gasteiger partial charge in [0.05, 0.1) is 6.61 Å². The molecule has 8 heteroatoms. The molecule has 0 amide bonds. The predicted molar refractivity (Wildman–Crippen MR) is 76.2 cm³/mol. The van der Waals surface area contributed by atoms with Gasteiger partial charge in [-0.15, -0.1) is 0 Å². The fraction of sp³-hybridized carbons (Fsp3) is 0.727. The molecule has 1 rings (SSSR count). The van der Waals surface area contributed by atoms with Gasteiger partial charge in [0.15, 0.2) is 0 Å². The van der Waals surface area contributed by atoms with E-state index in [0.29, 0.717) is 24.4 Å². The van der Waals surface area contributed by atoms with Crippen molar-refractivity contribution in [3.05, 3.63) is 0 Å². The second-order valence-electron chi connectivity index (χ2n) is 4.36. The van der Waals surface area contributed by atoms with Crippen LogP contribution in [0.25, 0.3) is 0 Å². The summed E-state index contributed by atoms with van der Waals surface area (Å²) in [5.74, 6) is 6.73. The van der Waals surface area contributed by atoms with Crippen LogP contribution >= 0.6 is 0 Å². The Hall–Kier alpha value is -1.67. The van der Waals surface area contributed by atoms with E-state index in [1.807, 2.05) is 19.0 Å². The van der Waals surface area contributed by atoms with Crippen LogP contribution in [-0.2, 0) is 0 Å². The zero-order chi connectivity index (χ0) is 14.3. The highest BCUT2D eigenvalue weighted by Crippen LogP contribution is 2.15. The summed E-state index contributed by atoms with van der Waals surface area (Å²) in [7, 11) is 3.70. The van der Waals surface area contributed by atoms with Gasteiger partial charge >= 0.3 is 0 Å². The molecule has 1 aromatic rings. The summed E-state index contributed by atoms with van der Waals surface area (Å²) in [4.78, 5) is 16.5. The van der Waals surface area contributed by atoms with Crippen LogP contribution in [0.2, 0.25) is 0 Å². The standard InChI is InChI=1S/C11H23N7O/c1-4-5-6-18(7-8-19)11-14-9(16-12)13-10(15-11)17(2)3/h19H,4-8,12H2,1-3H3,(H,13,14,15,16). The van der Waals surface area contributed by atoms with Crippen molar-refractivity contribution in [1.82, 2.24) is 15.0 Å². The molecule has 0 aromatic carbocycles. The van der Waals surface area contributed by atoms with E-state index < -0.39 is 0 Å². The average Bonchev–Trinajstić information content (AvgIpc) is 2.42. The minimum absolute atomic E-state index is 0.0537. The molecular formula is C11H23N7O. The average molecular weight is 269 g/mol. The van der Waals surface area contributed by atoms with Crippen molar-refractivity contribution in [2.75, 3.05) is 49.0 Å². The SMILES string of the molecule is CCCCN(CCO)c1nc(NN)nc(N(C)C)n1. The first-order valence-corrected chi connectivity index (χ1v) is 6.38. The molecule has 108 valence electrons. The lowest BCUT2D eigenvalue weighted by Gasteiger charge is -2.23. The Balaban J connectivity index is 3.02. The Morgan fingerprint density at radius 1 is 1.16 bits per heavy atom. The van der Waals surface area contributed by atoms with Gasteiger partial charge in [0.1, 0.15) is 0 Å². The van der Waals surface area contributed by atoms with E-state index in [9.17, 15) is 0 Å². The second kappa shape index (κ2) is 7.70. The molecule has 0 fully saturated rings. The topological polar surface area (TPSA) is 103 Å². The number of nitrogens with zero attached hydrogens (tertiary/aromatic N) is 5. The molecule has 1 heterocycles. The highest BCUT2D eigenvalue weighted by Gasteiger charge is 2.13. The molecule has 0 unspecified atom stereocenters. The lowest BCUT2D eigenvalue weighted by atomic mass is 10.3. The first-order valence-electron chi connectivity index (χ1n) is 6.38. The van der Waals surface area contributed by atoms with Crippen LogP contribution < -0.4 is 21.1 Å². The highest BCUT2D eigenvalue weighted by atomic mass is 16.3. The van der Waals surface area contributed by atoms with Gasteiger partial charge in [0.25, 0.3) is 0 Å². The molecule has 0 aliphatic carbocycles. The third-order valence-corrected chi connectivity index (χ3v) is 2.58. The molecule has 0 saturated heterocycles. The van der Waals surface area contributed by atoms with Crippen LogP contribution in [0.15, 0.2) is 0 Å². The molecule has 0 saturated carbocycles. The number of nitrogens with one attached hydrogen (secondary N) is 1. The molecule has 19 heavy (non-hydrogen) atoms. The molecule has 1 aromatic heterocycles. The number of hydrogen-bond acceptors (Lipinski definition) is 8. The maximum Gasteiger partial charge on any atom is 0.243 e. The third kappa shape index (κ3) is 4.49. The van der Waals surface area contributed by atoms with Crippen molar-refractivity contribution in [1.29, 1.82) is 0 Å². The first kappa shape index (κ1) is 15.4. The van der Waals surface area contributed by atoms with Crippen LogP contribution in [-0.4, -0.2) is 53.9 Å². The summed E-state index contributed by atoms with van der Waals surface area (Å²) in [5.41, 5.74) is 2.44. The Kier molecular flexibility index (Phi) is 6.23. The summed E-state index contributed by atoms with van der Waals surface area (Å²) >= 11 is 0. The summed E-state index contributed by atoms with van der Waals surface area (Å²) in [6, 6.07) is 0. The number of anilines is 3. The van der Waals surface area contributed by atoms with Crippen LogP contribution in [0, 0.1) is 0 Å². The zero-order valence-corrected chi connectivity index (χ0v) is 11.8. The number of aliphatic hydroxyl groups is 1. The number of aromatic nitrogens is 3. The predicted octanol–water partition coefficient (Wildman–Crippen LogP) is -0.178. The number of nitrogen functional groups attached to an aromatic ring is 1. The van der Waals surface area contributed by atoms with Crippen molar-refractivity contribution < 1.29 is 5.11 Å². The molecule has 0 aliphatic rings. The lowest BCUT2D eigenvalue weighted by molar-refractivity contribution is 0.301. The quantitative estimate of drug-likeness (QED) is 0.441. The second-order valence-corrected chi connectivity index (χ2v) is 4.36. The van der Waals surface area contributed by atoms with Crippen molar-refractivity contribution >= 4 is 17.8 Å². The van der Waals surface area contributed by atoms with Crippen molar-refractivity contribution in [2.45, 2.75) is 19.8 Å². The number of nitrogens with two attached hydrogens (primary N) is 1. The fourth-order valence-electron chi connectivity index (χ4n) is 1.54. The van der Waals surface area contributed by atoms with Gasteiger partial charge in [0, 0.05) is 27.2 Å². The minimum Gasteiger partial charge on any atom is -0.395 e. The number of unbranched alkanes of at least 4 members (excludes halogenated alkanes) is 1. The Labute approximate surface area is 113 Å². The summed E-state index contributed by atoms with van der Waals surface area (Å²) in [5, 5.41) is 9.14. The Bertz CT molecular complexity index is 385. The van der Waals surface area contributed by atoms with E-state index in [2.05, 4.69) is 27.3 Å². The number of hydrogen-bond donors (Lipinski definition) is 3. The van der Waals surface area contributed by atoms with Gasteiger partial charge in [-0.05, 0) is 6.42 Å². The summed E-state index contributed by atoms with van der Waals surface area (Å²) in [6.07, 6.45) is 2.07. The van der Waals surface area contributed by atoms with Crippen LogP contribution in [0.3, 0.4) is 0 Å². The molecule has 8 nitrogen and oxygen atoms in total. The maximum atomic E-state index is 9.14. The van der Waals surface area contributed by atoms with Crippen LogP contribution in [0.4, 0.5) is 17.8 Å². The van der Waals surface area contributed by atoms with E-state index >= 15 is 0 Å². The van der Waals surface area contributed by atoms with Gasteiger partial charge in [-0.3, -0.25) is 5.43 Å². The monoisotopic (exact) mass is 269 g/mol. The fourth-order valence-corrected chi connectivity index (χ4v) is 1.54. The van der Waals surface area contributed by atoms with Crippen molar-refractivity contribution in [3.8, 4) is 0 Å². The van der Waals surface area contributed by atoms with Crippen molar-refractivity contribution in [2.24, 2.45) is 5.84 Å². The van der Waals surface area contributed by atoms with E-state index in [4.69, 9.17) is 10.9 Å². The number of rotatable bonds is 8. The van der Waals surface area contributed by atoms with Gasteiger partial charge in [0.2, 0.25) is 17.8 Å². The smallest absolute Gasteiger partial charge is 0.243 e. The van der Waals surface area contributed by atoms with E-state index in [1.54, 1.807) is 4.90 Å². The Morgan fingerprint density at radius 3 is 2.37 bits per heavy atom. The van der Waals surface area contributed by atoms with Crippen LogP contribution in [0.5, 0.6) is 0 Å². The van der Waals surface area contributed by atoms with Gasteiger partial charge in [-0.1, -0.05) is 13.3 Å². The molecule has 0 aliphatic heterocycles. The number of aliphatic hydroxyl groups excluding tert-OH is 1. The van der Waals surface area contributed by atoms with Crippen molar-refractivity contribution in [3.63, 3.8) is 0 Å².